The van der Waals surface area contributed by atoms with Crippen molar-refractivity contribution in [1.29, 1.82) is 0 Å². The Hall–Kier alpha value is -1.07. The second-order valence-corrected chi connectivity index (χ2v) is 7.38. The molecule has 1 aromatic rings. The van der Waals surface area contributed by atoms with Crippen LogP contribution in [0.5, 0.6) is 0 Å². The minimum atomic E-state index is -3.25. The lowest BCUT2D eigenvalue weighted by Gasteiger charge is -2.28. The van der Waals surface area contributed by atoms with Crippen LogP contribution in [0.4, 0.5) is 5.69 Å². The third-order valence-electron chi connectivity index (χ3n) is 2.90. The molecule has 2 N–H and O–H groups in total. The molecule has 0 radical (unpaired) electrons. The van der Waals surface area contributed by atoms with Crippen molar-refractivity contribution in [2.75, 3.05) is 17.7 Å². The second-order valence-electron chi connectivity index (χ2n) is 5.30. The highest BCUT2D eigenvalue weighted by molar-refractivity contribution is 7.91. The molecule has 1 aromatic carbocycles. The van der Waals surface area contributed by atoms with E-state index >= 15 is 0 Å². The lowest BCUT2D eigenvalue weighted by Crippen LogP contribution is -2.32. The Bertz CT molecular complexity index is 509. The van der Waals surface area contributed by atoms with Crippen molar-refractivity contribution in [3.05, 3.63) is 24.3 Å². The molecular formula is C14H23NO3S. The molecule has 0 heterocycles. The number of hydrogen-bond donors (Lipinski definition) is 2. The summed E-state index contributed by atoms with van der Waals surface area (Å²) >= 11 is 0. The Kier molecular flexibility index (Phi) is 5.38. The van der Waals surface area contributed by atoms with Crippen molar-refractivity contribution in [3.8, 4) is 0 Å². The molecule has 0 saturated carbocycles. The van der Waals surface area contributed by atoms with Gasteiger partial charge in [-0.05, 0) is 38.8 Å². The normalized spacial score (nSPS) is 12.4. The average Bonchev–Trinajstić information content (AvgIpc) is 2.28. The van der Waals surface area contributed by atoms with E-state index in [9.17, 15) is 8.42 Å². The molecular weight excluding hydrogens is 262 g/mol. The van der Waals surface area contributed by atoms with E-state index in [4.69, 9.17) is 5.11 Å². The van der Waals surface area contributed by atoms with Crippen molar-refractivity contribution < 1.29 is 13.5 Å². The summed E-state index contributed by atoms with van der Waals surface area (Å²) < 4.78 is 24.4. The highest BCUT2D eigenvalue weighted by atomic mass is 32.2. The van der Waals surface area contributed by atoms with E-state index in [1.165, 1.54) is 0 Å². The minimum Gasteiger partial charge on any atom is -0.396 e. The van der Waals surface area contributed by atoms with Crippen LogP contribution >= 0.6 is 0 Å². The molecule has 19 heavy (non-hydrogen) atoms. The Balaban J connectivity index is 3.10. The van der Waals surface area contributed by atoms with Crippen molar-refractivity contribution in [1.82, 2.24) is 0 Å². The van der Waals surface area contributed by atoms with Gasteiger partial charge in [0.15, 0.2) is 9.84 Å². The SMILES string of the molecule is CCCS(=O)(=O)c1ccccc1NC(C)(C)CCO. The number of benzene rings is 1. The standard InChI is InChI=1S/C14H23NO3S/c1-4-11-19(17,18)13-8-6-5-7-12(13)15-14(2,3)9-10-16/h5-8,15-16H,4,9-11H2,1-3H3. The fraction of sp³-hybridized carbons (Fsp3) is 0.571. The number of aliphatic hydroxyl groups is 1. The van der Waals surface area contributed by atoms with E-state index in [0.717, 1.165) is 0 Å². The molecule has 0 unspecified atom stereocenters. The quantitative estimate of drug-likeness (QED) is 0.807. The number of anilines is 1. The van der Waals surface area contributed by atoms with Gasteiger partial charge in [-0.25, -0.2) is 8.42 Å². The zero-order valence-corrected chi connectivity index (χ0v) is 12.6. The molecule has 108 valence electrons. The first-order valence-corrected chi connectivity index (χ1v) is 8.18. The van der Waals surface area contributed by atoms with Gasteiger partial charge in [-0.2, -0.15) is 0 Å². The van der Waals surface area contributed by atoms with Crippen LogP contribution in [0, 0.1) is 0 Å². The molecule has 0 aromatic heterocycles. The third-order valence-corrected chi connectivity index (χ3v) is 4.88. The number of rotatable bonds is 7. The van der Waals surface area contributed by atoms with E-state index in [1.807, 2.05) is 26.8 Å². The molecule has 1 rings (SSSR count). The molecule has 4 nitrogen and oxygen atoms in total. The molecule has 0 aliphatic carbocycles. The third kappa shape index (κ3) is 4.51. The van der Waals surface area contributed by atoms with Crippen LogP contribution in [0.15, 0.2) is 29.2 Å². The van der Waals surface area contributed by atoms with Gasteiger partial charge in [0, 0.05) is 12.1 Å². The molecule has 0 aliphatic rings. The predicted octanol–water partition coefficient (Wildman–Crippen LogP) is 2.44. The number of aliphatic hydroxyl groups excluding tert-OH is 1. The van der Waals surface area contributed by atoms with Gasteiger partial charge in [0.05, 0.1) is 16.3 Å². The number of hydrogen-bond acceptors (Lipinski definition) is 4. The van der Waals surface area contributed by atoms with Gasteiger partial charge in [0.25, 0.3) is 0 Å². The summed E-state index contributed by atoms with van der Waals surface area (Å²) in [6.07, 6.45) is 1.14. The molecule has 0 fully saturated rings. The van der Waals surface area contributed by atoms with Gasteiger partial charge in [-0.3, -0.25) is 0 Å². The smallest absolute Gasteiger partial charge is 0.180 e. The fourth-order valence-corrected chi connectivity index (χ4v) is 3.42. The van der Waals surface area contributed by atoms with Crippen LogP contribution in [-0.4, -0.2) is 31.4 Å². The Morgan fingerprint density at radius 3 is 2.47 bits per heavy atom. The topological polar surface area (TPSA) is 66.4 Å². The van der Waals surface area contributed by atoms with Crippen LogP contribution in [-0.2, 0) is 9.84 Å². The van der Waals surface area contributed by atoms with E-state index in [2.05, 4.69) is 5.32 Å². The zero-order valence-electron chi connectivity index (χ0n) is 11.8. The Morgan fingerprint density at radius 2 is 1.89 bits per heavy atom. The van der Waals surface area contributed by atoms with Gasteiger partial charge >= 0.3 is 0 Å². The van der Waals surface area contributed by atoms with Gasteiger partial charge < -0.3 is 10.4 Å². The molecule has 0 saturated heterocycles. The Morgan fingerprint density at radius 1 is 1.26 bits per heavy atom. The zero-order chi connectivity index (χ0) is 14.5. The van der Waals surface area contributed by atoms with Gasteiger partial charge in [0.1, 0.15) is 0 Å². The lowest BCUT2D eigenvalue weighted by molar-refractivity contribution is 0.260. The summed E-state index contributed by atoms with van der Waals surface area (Å²) in [6.45, 7) is 5.78. The van der Waals surface area contributed by atoms with E-state index in [0.29, 0.717) is 23.4 Å². The summed E-state index contributed by atoms with van der Waals surface area (Å²) in [5.41, 5.74) is 0.251. The summed E-state index contributed by atoms with van der Waals surface area (Å²) in [5.74, 6) is 0.145. The number of sulfone groups is 1. The summed E-state index contributed by atoms with van der Waals surface area (Å²) in [6, 6.07) is 6.93. The predicted molar refractivity (Wildman–Crippen MR) is 78.2 cm³/mol. The first-order valence-electron chi connectivity index (χ1n) is 6.53. The first-order chi connectivity index (χ1) is 8.82. The molecule has 0 bridgehead atoms. The van der Waals surface area contributed by atoms with E-state index in [-0.39, 0.29) is 17.9 Å². The van der Waals surface area contributed by atoms with Crippen molar-refractivity contribution >= 4 is 15.5 Å². The van der Waals surface area contributed by atoms with E-state index < -0.39 is 9.84 Å². The minimum absolute atomic E-state index is 0.0594. The molecule has 0 spiro atoms. The highest BCUT2D eigenvalue weighted by Crippen LogP contribution is 2.26. The molecule has 5 heteroatoms. The van der Waals surface area contributed by atoms with Crippen molar-refractivity contribution in [2.24, 2.45) is 0 Å². The van der Waals surface area contributed by atoms with Crippen LogP contribution in [0.25, 0.3) is 0 Å². The first kappa shape index (κ1) is 16.0. The van der Waals surface area contributed by atoms with Gasteiger partial charge in [-0.1, -0.05) is 19.1 Å². The number of nitrogens with one attached hydrogen (secondary N) is 1. The van der Waals surface area contributed by atoms with Crippen LogP contribution < -0.4 is 5.32 Å². The summed E-state index contributed by atoms with van der Waals surface area (Å²) in [4.78, 5) is 0.336. The maximum Gasteiger partial charge on any atom is 0.180 e. The molecule has 0 aliphatic heterocycles. The number of para-hydroxylation sites is 1. The molecule has 0 amide bonds. The molecule has 0 atom stereocenters. The van der Waals surface area contributed by atoms with Gasteiger partial charge in [-0.15, -0.1) is 0 Å². The summed E-state index contributed by atoms with van der Waals surface area (Å²) in [7, 11) is -3.25. The summed E-state index contributed by atoms with van der Waals surface area (Å²) in [5, 5.41) is 12.2. The Labute approximate surface area is 115 Å². The van der Waals surface area contributed by atoms with Crippen LogP contribution in [0.2, 0.25) is 0 Å². The second kappa shape index (κ2) is 6.39. The van der Waals surface area contributed by atoms with Crippen molar-refractivity contribution in [3.63, 3.8) is 0 Å². The van der Waals surface area contributed by atoms with Crippen molar-refractivity contribution in [2.45, 2.75) is 44.0 Å². The maximum atomic E-state index is 12.2. The van der Waals surface area contributed by atoms with Crippen LogP contribution in [0.3, 0.4) is 0 Å². The lowest BCUT2D eigenvalue weighted by atomic mass is 10.0. The fourth-order valence-electron chi connectivity index (χ4n) is 1.93. The monoisotopic (exact) mass is 285 g/mol. The van der Waals surface area contributed by atoms with Gasteiger partial charge in [0.2, 0.25) is 0 Å². The van der Waals surface area contributed by atoms with E-state index in [1.54, 1.807) is 18.2 Å². The highest BCUT2D eigenvalue weighted by Gasteiger charge is 2.22. The average molecular weight is 285 g/mol. The largest absolute Gasteiger partial charge is 0.396 e. The van der Waals surface area contributed by atoms with Crippen LogP contribution in [0.1, 0.15) is 33.6 Å². The maximum absolute atomic E-state index is 12.2.